The summed E-state index contributed by atoms with van der Waals surface area (Å²) in [5.41, 5.74) is 3.07. The van der Waals surface area contributed by atoms with Gasteiger partial charge in [0, 0.05) is 0 Å². The molecule has 1 N–H and O–H groups in total. The van der Waals surface area contributed by atoms with E-state index in [0.717, 1.165) is 16.7 Å². The summed E-state index contributed by atoms with van der Waals surface area (Å²) in [5.74, 6) is 0. The molecule has 4 atom stereocenters. The maximum absolute atomic E-state index is 10.9. The number of halogens is 1. The molecule has 3 aromatic rings. The average Bonchev–Trinajstić information content (AvgIpc) is 2.83. The molecule has 0 bridgehead atoms. The summed E-state index contributed by atoms with van der Waals surface area (Å²) in [7, 11) is 0. The summed E-state index contributed by atoms with van der Waals surface area (Å²) >= 11 is 3.30. The molecule has 1 aliphatic heterocycles. The van der Waals surface area contributed by atoms with Gasteiger partial charge in [-0.25, -0.2) is 0 Å². The van der Waals surface area contributed by atoms with E-state index < -0.39 is 23.0 Å². The molecule has 6 heteroatoms. The normalized spacial score (nSPS) is 25.5. The fraction of sp³-hybridized carbons (Fsp3) is 0.308. The lowest BCUT2D eigenvalue weighted by Crippen LogP contribution is -2.60. The van der Waals surface area contributed by atoms with Gasteiger partial charge in [-0.05, 0) is 32.6 Å². The smallest absolute Gasteiger partial charge is 0.254 e. The zero-order chi connectivity index (χ0) is 22.2. The molecule has 0 saturated carbocycles. The minimum Gasteiger partial charge on any atom is -0.368 e. The Balaban J connectivity index is 1.50. The van der Waals surface area contributed by atoms with Crippen LogP contribution in [-0.2, 0) is 38.8 Å². The monoisotopic (exact) mass is 498 g/mol. The molecule has 0 spiro atoms. The number of rotatable bonds is 9. The van der Waals surface area contributed by atoms with Crippen molar-refractivity contribution >= 4 is 15.9 Å². The van der Waals surface area contributed by atoms with Crippen LogP contribution in [0.1, 0.15) is 16.7 Å². The van der Waals surface area contributed by atoms with E-state index in [4.69, 9.17) is 18.9 Å². The molecule has 3 aromatic carbocycles. The summed E-state index contributed by atoms with van der Waals surface area (Å²) in [6.07, 6.45) is -1.78. The highest BCUT2D eigenvalue weighted by atomic mass is 79.9. The van der Waals surface area contributed by atoms with Crippen molar-refractivity contribution in [1.29, 1.82) is 0 Å². The summed E-state index contributed by atoms with van der Waals surface area (Å²) in [4.78, 5) is 0. The topological polar surface area (TPSA) is 57.2 Å². The van der Waals surface area contributed by atoms with Crippen LogP contribution in [0.2, 0.25) is 0 Å². The van der Waals surface area contributed by atoms with Gasteiger partial charge in [-0.2, -0.15) is 0 Å². The van der Waals surface area contributed by atoms with Crippen LogP contribution in [0.25, 0.3) is 0 Å². The maximum atomic E-state index is 10.9. The summed E-state index contributed by atoms with van der Waals surface area (Å²) < 4.78 is 22.6. The predicted octanol–water partition coefficient (Wildman–Crippen LogP) is 4.81. The molecular formula is C26H27BrO5. The Labute approximate surface area is 197 Å². The molecular weight excluding hydrogens is 472 g/mol. The standard InChI is InChI=1S/C26H27BrO5/c27-26(28)25(31-18-22-14-8-3-9-15-22)24(30-17-21-12-6-2-7-13-21)23(19-32-26)29-16-20-10-4-1-5-11-20/h1-15,23-25,28H,16-19H2/t23-,24+,25-,26?/m1/s1. The SMILES string of the molecule is OC1(Br)OC[C@@H](OCc2ccccc2)[C@H](OCc2ccccc2)[C@H]1OCc1ccccc1. The molecule has 0 radical (unpaired) electrons. The Bertz CT molecular complexity index is 936. The van der Waals surface area contributed by atoms with Crippen molar-refractivity contribution in [2.45, 2.75) is 42.8 Å². The summed E-state index contributed by atoms with van der Waals surface area (Å²) in [6, 6.07) is 29.6. The van der Waals surface area contributed by atoms with Gasteiger partial charge in [0.15, 0.2) is 6.10 Å². The molecule has 32 heavy (non-hydrogen) atoms. The van der Waals surface area contributed by atoms with E-state index in [1.54, 1.807) is 0 Å². The Kier molecular flexibility index (Phi) is 8.08. The van der Waals surface area contributed by atoms with Crippen molar-refractivity contribution in [2.24, 2.45) is 0 Å². The number of benzene rings is 3. The molecule has 0 aromatic heterocycles. The molecule has 0 aliphatic carbocycles. The lowest BCUT2D eigenvalue weighted by molar-refractivity contribution is -0.300. The van der Waals surface area contributed by atoms with E-state index in [9.17, 15) is 5.11 Å². The van der Waals surface area contributed by atoms with E-state index in [-0.39, 0.29) is 6.61 Å². The summed E-state index contributed by atoms with van der Waals surface area (Å²) in [5, 5.41) is 10.9. The average molecular weight is 499 g/mol. The third-order valence-electron chi connectivity index (χ3n) is 5.33. The number of aliphatic hydroxyl groups is 1. The minimum absolute atomic E-state index is 0.166. The van der Waals surface area contributed by atoms with E-state index in [2.05, 4.69) is 15.9 Å². The Morgan fingerprint density at radius 1 is 0.719 bits per heavy atom. The number of hydrogen-bond acceptors (Lipinski definition) is 5. The van der Waals surface area contributed by atoms with Crippen molar-refractivity contribution in [3.05, 3.63) is 108 Å². The van der Waals surface area contributed by atoms with Gasteiger partial charge in [-0.15, -0.1) is 0 Å². The van der Waals surface area contributed by atoms with E-state index >= 15 is 0 Å². The summed E-state index contributed by atoms with van der Waals surface area (Å²) in [6.45, 7) is 1.25. The minimum atomic E-state index is -1.68. The van der Waals surface area contributed by atoms with Gasteiger partial charge in [0.05, 0.1) is 26.4 Å². The third kappa shape index (κ3) is 6.25. The van der Waals surface area contributed by atoms with Crippen LogP contribution in [0, 0.1) is 0 Å². The predicted molar refractivity (Wildman–Crippen MR) is 125 cm³/mol. The first-order valence-electron chi connectivity index (χ1n) is 10.6. The molecule has 1 unspecified atom stereocenters. The zero-order valence-electron chi connectivity index (χ0n) is 17.7. The molecule has 1 fully saturated rings. The molecule has 1 aliphatic rings. The van der Waals surface area contributed by atoms with Crippen LogP contribution in [0.3, 0.4) is 0 Å². The van der Waals surface area contributed by atoms with Crippen LogP contribution >= 0.6 is 15.9 Å². The molecule has 1 saturated heterocycles. The number of ether oxygens (including phenoxy) is 4. The van der Waals surface area contributed by atoms with Gasteiger partial charge in [0.2, 0.25) is 0 Å². The fourth-order valence-corrected chi connectivity index (χ4v) is 4.14. The van der Waals surface area contributed by atoms with Gasteiger partial charge < -0.3 is 24.1 Å². The Morgan fingerprint density at radius 3 is 1.66 bits per heavy atom. The highest BCUT2D eigenvalue weighted by Crippen LogP contribution is 2.35. The molecule has 0 amide bonds. The number of hydrogen-bond donors (Lipinski definition) is 1. The Morgan fingerprint density at radius 2 is 1.16 bits per heavy atom. The van der Waals surface area contributed by atoms with Crippen LogP contribution in [0.5, 0.6) is 0 Å². The first-order chi connectivity index (χ1) is 15.6. The first-order valence-corrected chi connectivity index (χ1v) is 11.4. The molecule has 168 valence electrons. The van der Waals surface area contributed by atoms with E-state index in [1.165, 1.54) is 0 Å². The van der Waals surface area contributed by atoms with Crippen LogP contribution < -0.4 is 0 Å². The number of alkyl halides is 1. The molecule has 4 rings (SSSR count). The second-order valence-electron chi connectivity index (χ2n) is 7.73. The third-order valence-corrected chi connectivity index (χ3v) is 6.01. The van der Waals surface area contributed by atoms with Crippen LogP contribution in [0.15, 0.2) is 91.0 Å². The zero-order valence-corrected chi connectivity index (χ0v) is 19.3. The second-order valence-corrected chi connectivity index (χ2v) is 8.87. The van der Waals surface area contributed by atoms with Crippen molar-refractivity contribution in [2.75, 3.05) is 6.61 Å². The second kappa shape index (κ2) is 11.2. The van der Waals surface area contributed by atoms with Crippen molar-refractivity contribution in [3.8, 4) is 0 Å². The highest BCUT2D eigenvalue weighted by Gasteiger charge is 2.51. The largest absolute Gasteiger partial charge is 0.368 e. The van der Waals surface area contributed by atoms with Gasteiger partial charge in [0.25, 0.3) is 4.70 Å². The van der Waals surface area contributed by atoms with Crippen LogP contribution in [-0.4, -0.2) is 34.7 Å². The quantitative estimate of drug-likeness (QED) is 0.428. The first kappa shape index (κ1) is 23.1. The van der Waals surface area contributed by atoms with Gasteiger partial charge in [-0.3, -0.25) is 0 Å². The molecule has 1 heterocycles. The van der Waals surface area contributed by atoms with Crippen molar-refractivity contribution < 1.29 is 24.1 Å². The highest BCUT2D eigenvalue weighted by molar-refractivity contribution is 9.10. The van der Waals surface area contributed by atoms with Crippen molar-refractivity contribution in [3.63, 3.8) is 0 Å². The van der Waals surface area contributed by atoms with Gasteiger partial charge in [-0.1, -0.05) is 91.0 Å². The van der Waals surface area contributed by atoms with E-state index in [1.807, 2.05) is 91.0 Å². The fourth-order valence-electron chi connectivity index (χ4n) is 3.61. The Hall–Kier alpha value is -2.06. The lowest BCUT2D eigenvalue weighted by Gasteiger charge is -2.44. The van der Waals surface area contributed by atoms with Crippen LogP contribution in [0.4, 0.5) is 0 Å². The van der Waals surface area contributed by atoms with E-state index in [0.29, 0.717) is 19.8 Å². The van der Waals surface area contributed by atoms with Gasteiger partial charge in [0.1, 0.15) is 12.2 Å². The maximum Gasteiger partial charge on any atom is 0.254 e. The van der Waals surface area contributed by atoms with Gasteiger partial charge >= 0.3 is 0 Å². The lowest BCUT2D eigenvalue weighted by atomic mass is 10.0. The van der Waals surface area contributed by atoms with Crippen molar-refractivity contribution in [1.82, 2.24) is 0 Å². The molecule has 5 nitrogen and oxygen atoms in total.